The number of likely N-dealkylation sites (tertiary alicyclic amines) is 1. The topological polar surface area (TPSA) is 45.2 Å². The fraction of sp³-hybridized carbons (Fsp3) is 1.00. The molecule has 0 aromatic carbocycles. The minimum absolute atomic E-state index is 0.170. The van der Waals surface area contributed by atoms with Gasteiger partial charge in [-0.3, -0.25) is 4.90 Å². The number of aliphatic hydroxyl groups excluding tert-OH is 1. The molecule has 1 N–H and O–H groups in total. The molecule has 0 radical (unpaired) electrons. The van der Waals surface area contributed by atoms with E-state index in [1.54, 1.807) is 0 Å². The molecule has 3 unspecified atom stereocenters. The summed E-state index contributed by atoms with van der Waals surface area (Å²) < 4.78 is 12.1. The van der Waals surface area contributed by atoms with Crippen molar-refractivity contribution in [2.75, 3.05) is 40.3 Å². The van der Waals surface area contributed by atoms with Crippen molar-refractivity contribution < 1.29 is 14.6 Å². The average molecular weight is 284 g/mol. The Hall–Kier alpha value is -0.200. The van der Waals surface area contributed by atoms with Crippen molar-refractivity contribution in [3.8, 4) is 0 Å². The van der Waals surface area contributed by atoms with E-state index in [0.717, 1.165) is 38.9 Å². The molecule has 0 aromatic heterocycles. The van der Waals surface area contributed by atoms with Gasteiger partial charge in [-0.1, -0.05) is 0 Å². The predicted molar refractivity (Wildman–Crippen MR) is 76.6 cm³/mol. The molecule has 20 heavy (non-hydrogen) atoms. The van der Waals surface area contributed by atoms with Crippen molar-refractivity contribution in [3.63, 3.8) is 0 Å². The minimum Gasteiger partial charge on any atom is -0.392 e. The van der Waals surface area contributed by atoms with Gasteiger partial charge in [-0.05, 0) is 33.4 Å². The summed E-state index contributed by atoms with van der Waals surface area (Å²) in [5.74, 6) is -0.264. The SMILES string of the molecule is CN(C)CC1CC(O)CN1CC1COC2(CCCC2)O1. The van der Waals surface area contributed by atoms with Crippen LogP contribution in [0, 0.1) is 0 Å². The van der Waals surface area contributed by atoms with E-state index in [1.165, 1.54) is 12.8 Å². The molecular formula is C15H28N2O3. The fourth-order valence-corrected chi connectivity index (χ4v) is 3.94. The summed E-state index contributed by atoms with van der Waals surface area (Å²) in [6.07, 6.45) is 5.39. The third-order valence-electron chi connectivity index (χ3n) is 4.80. The summed E-state index contributed by atoms with van der Waals surface area (Å²) in [6.45, 7) is 3.36. The molecule has 3 rings (SSSR count). The number of rotatable bonds is 4. The maximum absolute atomic E-state index is 9.93. The Kier molecular flexibility index (Phi) is 4.34. The van der Waals surface area contributed by atoms with Crippen LogP contribution in [0.4, 0.5) is 0 Å². The van der Waals surface area contributed by atoms with E-state index in [9.17, 15) is 5.11 Å². The molecule has 1 saturated carbocycles. The van der Waals surface area contributed by atoms with Gasteiger partial charge in [-0.2, -0.15) is 0 Å². The molecule has 5 nitrogen and oxygen atoms in total. The van der Waals surface area contributed by atoms with Gasteiger partial charge in [0.15, 0.2) is 5.79 Å². The van der Waals surface area contributed by atoms with E-state index in [2.05, 4.69) is 23.9 Å². The normalized spacial score (nSPS) is 37.5. The highest BCUT2D eigenvalue weighted by Gasteiger charge is 2.45. The van der Waals surface area contributed by atoms with E-state index in [1.807, 2.05) is 0 Å². The highest BCUT2D eigenvalue weighted by atomic mass is 16.7. The molecule has 0 aromatic rings. The molecule has 1 aliphatic carbocycles. The number of ether oxygens (including phenoxy) is 2. The zero-order valence-corrected chi connectivity index (χ0v) is 12.8. The first-order valence-corrected chi connectivity index (χ1v) is 7.95. The van der Waals surface area contributed by atoms with Crippen LogP contribution in [0.3, 0.4) is 0 Å². The summed E-state index contributed by atoms with van der Waals surface area (Å²) in [4.78, 5) is 4.58. The van der Waals surface area contributed by atoms with Gasteiger partial charge in [-0.15, -0.1) is 0 Å². The molecule has 3 atom stereocenters. The highest BCUT2D eigenvalue weighted by Crippen LogP contribution is 2.39. The average Bonchev–Trinajstić information content (AvgIpc) is 3.05. The molecule has 3 aliphatic rings. The van der Waals surface area contributed by atoms with Gasteiger partial charge in [0.1, 0.15) is 0 Å². The van der Waals surface area contributed by atoms with Crippen LogP contribution in [-0.2, 0) is 9.47 Å². The van der Waals surface area contributed by atoms with Crippen molar-refractivity contribution >= 4 is 0 Å². The molecule has 2 heterocycles. The maximum atomic E-state index is 9.93. The molecule has 0 amide bonds. The second kappa shape index (κ2) is 5.89. The lowest BCUT2D eigenvalue weighted by Gasteiger charge is -2.29. The van der Waals surface area contributed by atoms with Gasteiger partial charge in [0.25, 0.3) is 0 Å². The van der Waals surface area contributed by atoms with Crippen LogP contribution in [0.5, 0.6) is 0 Å². The van der Waals surface area contributed by atoms with Crippen LogP contribution in [0.1, 0.15) is 32.1 Å². The van der Waals surface area contributed by atoms with Crippen molar-refractivity contribution in [1.82, 2.24) is 9.80 Å². The van der Waals surface area contributed by atoms with Gasteiger partial charge in [0.05, 0.1) is 18.8 Å². The van der Waals surface area contributed by atoms with E-state index in [4.69, 9.17) is 9.47 Å². The number of hydrogen-bond acceptors (Lipinski definition) is 5. The van der Waals surface area contributed by atoms with Gasteiger partial charge < -0.3 is 19.5 Å². The number of aliphatic hydroxyl groups is 1. The summed E-state index contributed by atoms with van der Waals surface area (Å²) in [7, 11) is 4.18. The van der Waals surface area contributed by atoms with Gasteiger partial charge >= 0.3 is 0 Å². The van der Waals surface area contributed by atoms with E-state index in [-0.39, 0.29) is 18.0 Å². The smallest absolute Gasteiger partial charge is 0.168 e. The Morgan fingerprint density at radius 1 is 1.30 bits per heavy atom. The van der Waals surface area contributed by atoms with Crippen LogP contribution in [0.15, 0.2) is 0 Å². The maximum Gasteiger partial charge on any atom is 0.168 e. The second-order valence-corrected chi connectivity index (χ2v) is 6.93. The number of β-amino-alcohol motifs (C(OH)–C–C–N with tert-alkyl or cyclic N) is 1. The Balaban J connectivity index is 1.54. The van der Waals surface area contributed by atoms with Crippen molar-refractivity contribution in [2.45, 2.75) is 56.1 Å². The summed E-state index contributed by atoms with van der Waals surface area (Å²) in [6, 6.07) is 0.434. The van der Waals surface area contributed by atoms with Gasteiger partial charge in [0.2, 0.25) is 0 Å². The Morgan fingerprint density at radius 3 is 2.75 bits per heavy atom. The minimum atomic E-state index is -0.264. The Bertz CT molecular complexity index is 331. The summed E-state index contributed by atoms with van der Waals surface area (Å²) >= 11 is 0. The van der Waals surface area contributed by atoms with Crippen molar-refractivity contribution in [3.05, 3.63) is 0 Å². The van der Waals surface area contributed by atoms with Gasteiger partial charge in [0, 0.05) is 38.5 Å². The molecule has 2 saturated heterocycles. The van der Waals surface area contributed by atoms with Crippen LogP contribution in [0.2, 0.25) is 0 Å². The third kappa shape index (κ3) is 3.17. The lowest BCUT2D eigenvalue weighted by Crippen LogP contribution is -2.42. The van der Waals surface area contributed by atoms with Crippen LogP contribution >= 0.6 is 0 Å². The Labute approximate surface area is 121 Å². The fourth-order valence-electron chi connectivity index (χ4n) is 3.94. The standard InChI is InChI=1S/C15H28N2O3/c1-16(2)8-12-7-13(18)9-17(12)10-14-11-19-15(20-14)5-3-4-6-15/h12-14,18H,3-11H2,1-2H3. The summed E-state index contributed by atoms with van der Waals surface area (Å²) in [5.41, 5.74) is 0. The van der Waals surface area contributed by atoms with Crippen molar-refractivity contribution in [1.29, 1.82) is 0 Å². The zero-order valence-electron chi connectivity index (χ0n) is 12.8. The van der Waals surface area contributed by atoms with E-state index >= 15 is 0 Å². The lowest BCUT2D eigenvalue weighted by atomic mass is 10.2. The van der Waals surface area contributed by atoms with Crippen LogP contribution in [0.25, 0.3) is 0 Å². The zero-order chi connectivity index (χ0) is 14.2. The first kappa shape index (κ1) is 14.7. The highest BCUT2D eigenvalue weighted by molar-refractivity contribution is 4.90. The largest absolute Gasteiger partial charge is 0.392 e. The third-order valence-corrected chi connectivity index (χ3v) is 4.80. The molecular weight excluding hydrogens is 256 g/mol. The second-order valence-electron chi connectivity index (χ2n) is 6.93. The predicted octanol–water partition coefficient (Wildman–Crippen LogP) is 0.669. The van der Waals surface area contributed by atoms with Crippen LogP contribution < -0.4 is 0 Å². The Morgan fingerprint density at radius 2 is 2.05 bits per heavy atom. The lowest BCUT2D eigenvalue weighted by molar-refractivity contribution is -0.163. The van der Waals surface area contributed by atoms with Crippen LogP contribution in [-0.4, -0.2) is 79.3 Å². The van der Waals surface area contributed by atoms with Crippen molar-refractivity contribution in [2.24, 2.45) is 0 Å². The molecule has 116 valence electrons. The molecule has 0 bridgehead atoms. The molecule has 5 heteroatoms. The first-order valence-electron chi connectivity index (χ1n) is 7.95. The van der Waals surface area contributed by atoms with E-state index < -0.39 is 0 Å². The molecule has 2 aliphatic heterocycles. The number of nitrogens with zero attached hydrogens (tertiary/aromatic N) is 2. The molecule has 3 fully saturated rings. The number of likely N-dealkylation sites (N-methyl/N-ethyl adjacent to an activating group) is 1. The monoisotopic (exact) mass is 284 g/mol. The first-order chi connectivity index (χ1) is 9.56. The molecule has 1 spiro atoms. The van der Waals surface area contributed by atoms with E-state index in [0.29, 0.717) is 12.6 Å². The van der Waals surface area contributed by atoms with Gasteiger partial charge in [-0.25, -0.2) is 0 Å². The quantitative estimate of drug-likeness (QED) is 0.822. The summed E-state index contributed by atoms with van der Waals surface area (Å²) in [5, 5.41) is 9.93. The number of hydrogen-bond donors (Lipinski definition) is 1.